The summed E-state index contributed by atoms with van der Waals surface area (Å²) in [5.41, 5.74) is 0.764. The molecule has 2 N–H and O–H groups in total. The minimum Gasteiger partial charge on any atom is -0.324 e. The van der Waals surface area contributed by atoms with Crippen molar-refractivity contribution in [1.82, 2.24) is 5.32 Å². The number of fused-ring (bicyclic) bond motifs is 5. The fourth-order valence-electron chi connectivity index (χ4n) is 5.90. The quantitative estimate of drug-likeness (QED) is 0.617. The Labute approximate surface area is 185 Å². The van der Waals surface area contributed by atoms with Crippen molar-refractivity contribution in [2.24, 2.45) is 17.8 Å². The number of rotatable bonds is 2. The van der Waals surface area contributed by atoms with Gasteiger partial charge in [-0.2, -0.15) is 0 Å². The lowest BCUT2D eigenvalue weighted by Gasteiger charge is -2.30. The zero-order valence-electron chi connectivity index (χ0n) is 17.8. The number of carbonyl (C=O) groups is 3. The van der Waals surface area contributed by atoms with Crippen LogP contribution in [-0.4, -0.2) is 23.8 Å². The van der Waals surface area contributed by atoms with Crippen molar-refractivity contribution in [2.75, 3.05) is 10.2 Å². The third kappa shape index (κ3) is 2.25. The van der Waals surface area contributed by atoms with Crippen molar-refractivity contribution < 1.29 is 14.4 Å². The molecule has 0 bridgehead atoms. The molecule has 3 aliphatic heterocycles. The average Bonchev–Trinajstić information content (AvgIpc) is 3.38. The van der Waals surface area contributed by atoms with E-state index in [2.05, 4.69) is 10.6 Å². The van der Waals surface area contributed by atoms with E-state index in [9.17, 15) is 14.4 Å². The number of nitrogens with one attached hydrogen (secondary N) is 2. The molecular weight excluding hydrogens is 402 g/mol. The zero-order chi connectivity index (χ0) is 22.2. The van der Waals surface area contributed by atoms with Crippen LogP contribution in [0, 0.1) is 17.8 Å². The number of nitrogens with zero attached hydrogens (tertiary/aromatic N) is 1. The summed E-state index contributed by atoms with van der Waals surface area (Å²) >= 11 is 0. The van der Waals surface area contributed by atoms with Gasteiger partial charge in [-0.3, -0.25) is 19.7 Å². The fourth-order valence-corrected chi connectivity index (χ4v) is 5.90. The normalized spacial score (nSPS) is 28.7. The molecule has 160 valence electrons. The Kier molecular flexibility index (Phi) is 3.90. The fraction of sp³-hybridized carbons (Fsp3) is 0.269. The molecule has 3 amide bonds. The van der Waals surface area contributed by atoms with Crippen molar-refractivity contribution >= 4 is 39.9 Å². The van der Waals surface area contributed by atoms with Crippen molar-refractivity contribution in [2.45, 2.75) is 25.4 Å². The number of hydrogen-bond acceptors (Lipinski definition) is 4. The van der Waals surface area contributed by atoms with Gasteiger partial charge >= 0.3 is 0 Å². The number of benzene rings is 3. The highest BCUT2D eigenvalue weighted by molar-refractivity contribution is 6.28. The third-order valence-electron chi connectivity index (χ3n) is 7.28. The Bertz CT molecular complexity index is 1310. The second-order valence-corrected chi connectivity index (χ2v) is 9.24. The minimum absolute atomic E-state index is 0.0617. The molecule has 2 saturated heterocycles. The summed E-state index contributed by atoms with van der Waals surface area (Å²) in [6.45, 7) is 4.04. The van der Waals surface area contributed by atoms with Gasteiger partial charge in [-0.15, -0.1) is 0 Å². The third-order valence-corrected chi connectivity index (χ3v) is 7.28. The molecule has 3 aliphatic rings. The van der Waals surface area contributed by atoms with Gasteiger partial charge in [0.1, 0.15) is 5.54 Å². The van der Waals surface area contributed by atoms with Crippen LogP contribution in [0.5, 0.6) is 0 Å². The second-order valence-electron chi connectivity index (χ2n) is 9.24. The Hall–Kier alpha value is -3.51. The van der Waals surface area contributed by atoms with Gasteiger partial charge in [0.2, 0.25) is 17.7 Å². The molecule has 3 heterocycles. The summed E-state index contributed by atoms with van der Waals surface area (Å²) in [4.78, 5) is 42.6. The maximum Gasteiger partial charge on any atom is 0.250 e. The van der Waals surface area contributed by atoms with Gasteiger partial charge in [-0.25, -0.2) is 4.90 Å². The van der Waals surface area contributed by atoms with Crippen molar-refractivity contribution in [3.8, 4) is 0 Å². The Morgan fingerprint density at radius 2 is 1.59 bits per heavy atom. The molecule has 6 heteroatoms. The maximum absolute atomic E-state index is 14.0. The SMILES string of the molecule is CC(C)C1NC2(C(=O)Nc3ccccc32)C2C(=O)N(c3cccc4ccccc34)C(=O)C12. The molecule has 32 heavy (non-hydrogen) atoms. The van der Waals surface area contributed by atoms with Gasteiger partial charge in [0.05, 0.1) is 17.5 Å². The number of imide groups is 1. The van der Waals surface area contributed by atoms with E-state index in [1.165, 1.54) is 4.90 Å². The smallest absolute Gasteiger partial charge is 0.250 e. The molecule has 1 spiro atoms. The number of anilines is 2. The molecule has 0 radical (unpaired) electrons. The van der Waals surface area contributed by atoms with E-state index in [1.807, 2.05) is 80.6 Å². The van der Waals surface area contributed by atoms with E-state index in [4.69, 9.17) is 0 Å². The second kappa shape index (κ2) is 6.50. The molecule has 0 aromatic heterocycles. The monoisotopic (exact) mass is 425 g/mol. The first-order valence-corrected chi connectivity index (χ1v) is 11.0. The highest BCUT2D eigenvalue weighted by atomic mass is 16.2. The molecule has 0 saturated carbocycles. The molecule has 3 aromatic carbocycles. The molecule has 0 aliphatic carbocycles. The van der Waals surface area contributed by atoms with E-state index in [0.717, 1.165) is 16.3 Å². The first-order valence-electron chi connectivity index (χ1n) is 11.0. The predicted octanol–water partition coefficient (Wildman–Crippen LogP) is 3.42. The standard InChI is InChI=1S/C26H23N3O3/c1-14(2)22-20-21(26(28-22)17-11-5-6-12-18(17)27-25(26)32)24(31)29(23(20)30)19-13-7-9-15-8-3-4-10-16(15)19/h3-14,20-22,28H,1-2H3,(H,27,32). The summed E-state index contributed by atoms with van der Waals surface area (Å²) in [6, 6.07) is 20.5. The van der Waals surface area contributed by atoms with Crippen LogP contribution in [0.4, 0.5) is 11.4 Å². The topological polar surface area (TPSA) is 78.5 Å². The van der Waals surface area contributed by atoms with E-state index in [-0.39, 0.29) is 29.7 Å². The van der Waals surface area contributed by atoms with Crippen LogP contribution in [0.3, 0.4) is 0 Å². The van der Waals surface area contributed by atoms with Crippen LogP contribution < -0.4 is 15.5 Å². The number of amides is 3. The molecule has 4 unspecified atom stereocenters. The van der Waals surface area contributed by atoms with E-state index >= 15 is 0 Å². The first-order chi connectivity index (χ1) is 15.4. The number of hydrogen-bond donors (Lipinski definition) is 2. The van der Waals surface area contributed by atoms with Crippen LogP contribution in [-0.2, 0) is 19.9 Å². The van der Waals surface area contributed by atoms with Crippen LogP contribution in [0.2, 0.25) is 0 Å². The highest BCUT2D eigenvalue weighted by Crippen LogP contribution is 2.54. The Morgan fingerprint density at radius 1 is 0.875 bits per heavy atom. The lowest BCUT2D eigenvalue weighted by molar-refractivity contribution is -0.130. The van der Waals surface area contributed by atoms with Gasteiger partial charge in [0.15, 0.2) is 0 Å². The van der Waals surface area contributed by atoms with E-state index in [1.54, 1.807) is 0 Å². The summed E-state index contributed by atoms with van der Waals surface area (Å²) in [5.74, 6) is -2.18. The summed E-state index contributed by atoms with van der Waals surface area (Å²) in [6.07, 6.45) is 0. The van der Waals surface area contributed by atoms with Crippen LogP contribution >= 0.6 is 0 Å². The van der Waals surface area contributed by atoms with E-state index < -0.39 is 17.4 Å². The minimum atomic E-state index is -1.25. The Balaban J connectivity index is 1.56. The lowest BCUT2D eigenvalue weighted by atomic mass is 9.76. The Morgan fingerprint density at radius 3 is 2.41 bits per heavy atom. The summed E-state index contributed by atoms with van der Waals surface area (Å²) in [7, 11) is 0. The molecular formula is C26H23N3O3. The molecule has 6 nitrogen and oxygen atoms in total. The predicted molar refractivity (Wildman–Crippen MR) is 122 cm³/mol. The van der Waals surface area contributed by atoms with Crippen molar-refractivity contribution in [3.63, 3.8) is 0 Å². The van der Waals surface area contributed by atoms with E-state index in [0.29, 0.717) is 11.4 Å². The molecule has 2 fully saturated rings. The maximum atomic E-state index is 14.0. The number of carbonyl (C=O) groups excluding carboxylic acids is 3. The lowest BCUT2D eigenvalue weighted by Crippen LogP contribution is -2.54. The average molecular weight is 425 g/mol. The summed E-state index contributed by atoms with van der Waals surface area (Å²) < 4.78 is 0. The van der Waals surface area contributed by atoms with Crippen molar-refractivity contribution in [1.29, 1.82) is 0 Å². The molecule has 4 atom stereocenters. The van der Waals surface area contributed by atoms with Gasteiger partial charge in [0.25, 0.3) is 0 Å². The molecule has 3 aromatic rings. The van der Waals surface area contributed by atoms with Crippen LogP contribution in [0.25, 0.3) is 10.8 Å². The van der Waals surface area contributed by atoms with Crippen LogP contribution in [0.15, 0.2) is 66.7 Å². The van der Waals surface area contributed by atoms with Crippen LogP contribution in [0.1, 0.15) is 19.4 Å². The highest BCUT2D eigenvalue weighted by Gasteiger charge is 2.71. The summed E-state index contributed by atoms with van der Waals surface area (Å²) in [5, 5.41) is 8.20. The first kappa shape index (κ1) is 19.2. The van der Waals surface area contributed by atoms with Gasteiger partial charge in [-0.1, -0.05) is 68.4 Å². The number of para-hydroxylation sites is 1. The zero-order valence-corrected chi connectivity index (χ0v) is 17.8. The van der Waals surface area contributed by atoms with Gasteiger partial charge < -0.3 is 5.32 Å². The van der Waals surface area contributed by atoms with Gasteiger partial charge in [0, 0.05) is 22.7 Å². The largest absolute Gasteiger partial charge is 0.324 e. The molecule has 6 rings (SSSR count). The van der Waals surface area contributed by atoms with Crippen molar-refractivity contribution in [3.05, 3.63) is 72.3 Å². The van der Waals surface area contributed by atoms with Gasteiger partial charge in [-0.05, 0) is 23.4 Å².